The van der Waals surface area contributed by atoms with E-state index in [0.717, 1.165) is 6.42 Å². The predicted molar refractivity (Wildman–Crippen MR) is 50.1 cm³/mol. The van der Waals surface area contributed by atoms with Crippen LogP contribution < -0.4 is 11.1 Å². The molecule has 0 aromatic carbocycles. The first-order chi connectivity index (χ1) is 6.24. The van der Waals surface area contributed by atoms with Crippen LogP contribution in [0, 0.1) is 0 Å². The summed E-state index contributed by atoms with van der Waals surface area (Å²) >= 11 is 0. The third-order valence-corrected chi connectivity index (χ3v) is 1.68. The van der Waals surface area contributed by atoms with Gasteiger partial charge in [0, 0.05) is 12.4 Å². The van der Waals surface area contributed by atoms with E-state index in [0.29, 0.717) is 12.4 Å². The molecule has 5 nitrogen and oxygen atoms in total. The van der Waals surface area contributed by atoms with Crippen LogP contribution >= 0.6 is 0 Å². The quantitative estimate of drug-likeness (QED) is 0.633. The van der Waals surface area contributed by atoms with E-state index in [9.17, 15) is 4.79 Å². The molecule has 0 fully saturated rings. The van der Waals surface area contributed by atoms with Crippen LogP contribution in [-0.4, -0.2) is 21.9 Å². The van der Waals surface area contributed by atoms with Crippen LogP contribution in [0.5, 0.6) is 0 Å². The molecule has 0 aliphatic rings. The normalized spacial score (nSPS) is 12.5. The van der Waals surface area contributed by atoms with Crippen LogP contribution in [0.1, 0.15) is 19.8 Å². The van der Waals surface area contributed by atoms with Crippen molar-refractivity contribution in [3.05, 3.63) is 12.4 Å². The number of carbonyl (C=O) groups excluding carboxylic acids is 1. The Labute approximate surface area is 76.7 Å². The number of hydrogen-bond acceptors (Lipinski definition) is 3. The van der Waals surface area contributed by atoms with Crippen molar-refractivity contribution in [2.45, 2.75) is 25.8 Å². The van der Waals surface area contributed by atoms with E-state index in [1.54, 1.807) is 12.4 Å². The number of H-pyrrole nitrogens is 1. The number of anilines is 1. The largest absolute Gasteiger partial charge is 0.331 e. The lowest BCUT2D eigenvalue weighted by atomic mass is 10.2. The fourth-order valence-electron chi connectivity index (χ4n) is 0.985. The minimum atomic E-state index is -0.449. The summed E-state index contributed by atoms with van der Waals surface area (Å²) < 4.78 is 0. The van der Waals surface area contributed by atoms with E-state index < -0.39 is 6.04 Å². The van der Waals surface area contributed by atoms with Crippen LogP contribution in [0.3, 0.4) is 0 Å². The molecular formula is C8H14N4O. The topological polar surface area (TPSA) is 83.8 Å². The molecule has 1 amide bonds. The number of nitrogens with two attached hydrogens (primary N) is 1. The van der Waals surface area contributed by atoms with E-state index in [4.69, 9.17) is 5.73 Å². The van der Waals surface area contributed by atoms with Crippen molar-refractivity contribution in [1.29, 1.82) is 0 Å². The summed E-state index contributed by atoms with van der Waals surface area (Å²) in [5.41, 5.74) is 5.59. The van der Waals surface area contributed by atoms with Crippen molar-refractivity contribution in [3.8, 4) is 0 Å². The van der Waals surface area contributed by atoms with Crippen LogP contribution in [0.4, 0.5) is 5.95 Å². The molecule has 5 heteroatoms. The van der Waals surface area contributed by atoms with E-state index in [1.165, 1.54) is 0 Å². The Hall–Kier alpha value is -1.36. The lowest BCUT2D eigenvalue weighted by molar-refractivity contribution is -0.117. The van der Waals surface area contributed by atoms with Gasteiger partial charge in [-0.1, -0.05) is 13.3 Å². The van der Waals surface area contributed by atoms with Crippen molar-refractivity contribution >= 4 is 11.9 Å². The van der Waals surface area contributed by atoms with Gasteiger partial charge in [-0.05, 0) is 6.42 Å². The molecule has 1 aromatic rings. The Morgan fingerprint density at radius 3 is 3.15 bits per heavy atom. The average molecular weight is 182 g/mol. The monoisotopic (exact) mass is 182 g/mol. The minimum absolute atomic E-state index is 0.197. The molecule has 1 heterocycles. The molecule has 4 N–H and O–H groups in total. The number of imidazole rings is 1. The second kappa shape index (κ2) is 4.61. The van der Waals surface area contributed by atoms with Crippen molar-refractivity contribution in [3.63, 3.8) is 0 Å². The van der Waals surface area contributed by atoms with Gasteiger partial charge in [-0.25, -0.2) is 4.98 Å². The molecule has 0 aliphatic carbocycles. The number of aromatic nitrogens is 2. The minimum Gasteiger partial charge on any atom is -0.331 e. The summed E-state index contributed by atoms with van der Waals surface area (Å²) in [7, 11) is 0. The summed E-state index contributed by atoms with van der Waals surface area (Å²) in [6, 6.07) is -0.449. The van der Waals surface area contributed by atoms with Gasteiger partial charge >= 0.3 is 0 Å². The molecule has 0 saturated heterocycles. The van der Waals surface area contributed by atoms with Crippen molar-refractivity contribution in [1.82, 2.24) is 9.97 Å². The molecule has 0 saturated carbocycles. The third-order valence-electron chi connectivity index (χ3n) is 1.68. The number of carbonyl (C=O) groups is 1. The molecule has 1 atom stereocenters. The van der Waals surface area contributed by atoms with Gasteiger partial charge in [0.15, 0.2) is 0 Å². The fourth-order valence-corrected chi connectivity index (χ4v) is 0.985. The van der Waals surface area contributed by atoms with E-state index in [1.807, 2.05) is 6.92 Å². The van der Waals surface area contributed by atoms with E-state index >= 15 is 0 Å². The Bertz CT molecular complexity index is 257. The Balaban J connectivity index is 2.41. The molecule has 72 valence electrons. The summed E-state index contributed by atoms with van der Waals surface area (Å²) in [6.45, 7) is 1.99. The number of aromatic amines is 1. The van der Waals surface area contributed by atoms with Crippen LogP contribution in [0.15, 0.2) is 12.4 Å². The number of nitrogens with zero attached hydrogens (tertiary/aromatic N) is 1. The highest BCUT2D eigenvalue weighted by Crippen LogP contribution is 1.99. The number of amides is 1. The number of hydrogen-bond donors (Lipinski definition) is 3. The van der Waals surface area contributed by atoms with Gasteiger partial charge in [0.25, 0.3) is 0 Å². The maximum Gasteiger partial charge on any atom is 0.243 e. The van der Waals surface area contributed by atoms with Gasteiger partial charge in [-0.15, -0.1) is 0 Å². The van der Waals surface area contributed by atoms with Gasteiger partial charge < -0.3 is 10.7 Å². The van der Waals surface area contributed by atoms with E-state index in [2.05, 4.69) is 15.3 Å². The summed E-state index contributed by atoms with van der Waals surface area (Å²) in [4.78, 5) is 17.9. The Morgan fingerprint density at radius 2 is 2.62 bits per heavy atom. The molecule has 1 aromatic heterocycles. The highest BCUT2D eigenvalue weighted by atomic mass is 16.2. The van der Waals surface area contributed by atoms with Crippen LogP contribution in [0.25, 0.3) is 0 Å². The van der Waals surface area contributed by atoms with E-state index in [-0.39, 0.29) is 5.91 Å². The Kier molecular flexibility index (Phi) is 3.45. The molecule has 1 rings (SSSR count). The predicted octanol–water partition coefficient (Wildman–Crippen LogP) is 0.476. The van der Waals surface area contributed by atoms with Gasteiger partial charge in [0.2, 0.25) is 11.9 Å². The summed E-state index contributed by atoms with van der Waals surface area (Å²) in [6.07, 6.45) is 4.79. The van der Waals surface area contributed by atoms with Crippen LogP contribution in [-0.2, 0) is 4.79 Å². The third kappa shape index (κ3) is 2.87. The summed E-state index contributed by atoms with van der Waals surface area (Å²) in [5, 5.41) is 2.58. The molecule has 0 aliphatic heterocycles. The van der Waals surface area contributed by atoms with Crippen molar-refractivity contribution in [2.75, 3.05) is 5.32 Å². The van der Waals surface area contributed by atoms with Crippen molar-refractivity contribution in [2.24, 2.45) is 5.73 Å². The smallest absolute Gasteiger partial charge is 0.243 e. The molecule has 0 bridgehead atoms. The van der Waals surface area contributed by atoms with Gasteiger partial charge in [0.05, 0.1) is 6.04 Å². The molecule has 0 spiro atoms. The second-order valence-corrected chi connectivity index (χ2v) is 2.82. The lowest BCUT2D eigenvalue weighted by Crippen LogP contribution is -2.35. The lowest BCUT2D eigenvalue weighted by Gasteiger charge is -2.08. The first kappa shape index (κ1) is 9.73. The van der Waals surface area contributed by atoms with Crippen LogP contribution in [0.2, 0.25) is 0 Å². The Morgan fingerprint density at radius 1 is 1.85 bits per heavy atom. The highest BCUT2D eigenvalue weighted by molar-refractivity contribution is 5.93. The summed E-state index contributed by atoms with van der Waals surface area (Å²) in [5.74, 6) is 0.244. The zero-order chi connectivity index (χ0) is 9.68. The fraction of sp³-hybridized carbons (Fsp3) is 0.500. The molecule has 13 heavy (non-hydrogen) atoms. The standard InChI is InChI=1S/C8H14N4O/c1-2-3-6(9)7(13)12-8-10-4-5-11-8/h4-6H,2-3,9H2,1H3,(H2,10,11,12,13)/t6-/m0/s1. The molecule has 0 radical (unpaired) electrons. The zero-order valence-electron chi connectivity index (χ0n) is 7.58. The maximum absolute atomic E-state index is 11.3. The second-order valence-electron chi connectivity index (χ2n) is 2.82. The number of rotatable bonds is 4. The maximum atomic E-state index is 11.3. The van der Waals surface area contributed by atoms with Gasteiger partial charge in [-0.3, -0.25) is 10.1 Å². The molecular weight excluding hydrogens is 168 g/mol. The molecule has 0 unspecified atom stereocenters. The first-order valence-electron chi connectivity index (χ1n) is 4.30. The average Bonchev–Trinajstić information content (AvgIpc) is 2.57. The van der Waals surface area contributed by atoms with Gasteiger partial charge in [-0.2, -0.15) is 0 Å². The number of nitrogens with one attached hydrogen (secondary N) is 2. The highest BCUT2D eigenvalue weighted by Gasteiger charge is 2.12. The first-order valence-corrected chi connectivity index (χ1v) is 4.30. The SMILES string of the molecule is CCC[C@H](N)C(=O)Nc1ncc[nH]1. The van der Waals surface area contributed by atoms with Crippen molar-refractivity contribution < 1.29 is 4.79 Å². The zero-order valence-corrected chi connectivity index (χ0v) is 7.58. The van der Waals surface area contributed by atoms with Gasteiger partial charge in [0.1, 0.15) is 0 Å².